The van der Waals surface area contributed by atoms with Crippen molar-refractivity contribution < 1.29 is 4.79 Å². The zero-order chi connectivity index (χ0) is 10.1. The average Bonchev–Trinajstić information content (AvgIpc) is 2.18. The van der Waals surface area contributed by atoms with Crippen LogP contribution in [0.5, 0.6) is 0 Å². The molecule has 0 atom stereocenters. The monoisotopic (exact) mass is 269 g/mol. The van der Waals surface area contributed by atoms with Gasteiger partial charge in [0.1, 0.15) is 5.15 Å². The van der Waals surface area contributed by atoms with Gasteiger partial charge in [-0.15, -0.1) is 0 Å². The lowest BCUT2D eigenvalue weighted by Gasteiger charge is -2.03. The standard InChI is InChI=1S/C10H5BrClNO/c11-9-6-3-1-2-4-8(6)13-10(12)7(9)5-14/h1-5H. The minimum absolute atomic E-state index is 0.227. The SMILES string of the molecule is O=Cc1c(Cl)nc2ccccc2c1Br. The molecule has 1 aromatic carbocycles. The molecule has 14 heavy (non-hydrogen) atoms. The second-order valence-corrected chi connectivity index (χ2v) is 3.92. The first-order valence-corrected chi connectivity index (χ1v) is 5.10. The Morgan fingerprint density at radius 2 is 2.07 bits per heavy atom. The minimum atomic E-state index is 0.227. The van der Waals surface area contributed by atoms with Gasteiger partial charge in [-0.25, -0.2) is 4.98 Å². The Morgan fingerprint density at radius 1 is 1.36 bits per heavy atom. The molecule has 2 rings (SSSR count). The number of aldehydes is 1. The highest BCUT2D eigenvalue weighted by molar-refractivity contribution is 9.10. The van der Waals surface area contributed by atoms with E-state index in [-0.39, 0.29) is 5.15 Å². The van der Waals surface area contributed by atoms with E-state index in [2.05, 4.69) is 20.9 Å². The highest BCUT2D eigenvalue weighted by Gasteiger charge is 2.09. The summed E-state index contributed by atoms with van der Waals surface area (Å²) < 4.78 is 0.697. The van der Waals surface area contributed by atoms with Gasteiger partial charge >= 0.3 is 0 Å². The first kappa shape index (κ1) is 9.62. The summed E-state index contributed by atoms with van der Waals surface area (Å²) in [7, 11) is 0. The maximum atomic E-state index is 10.7. The minimum Gasteiger partial charge on any atom is -0.298 e. The van der Waals surface area contributed by atoms with Gasteiger partial charge in [0.2, 0.25) is 0 Å². The van der Waals surface area contributed by atoms with Crippen LogP contribution in [0.3, 0.4) is 0 Å². The van der Waals surface area contributed by atoms with E-state index >= 15 is 0 Å². The molecule has 1 aromatic heterocycles. The van der Waals surface area contributed by atoms with Crippen LogP contribution < -0.4 is 0 Å². The van der Waals surface area contributed by atoms with Crippen LogP contribution in [0.4, 0.5) is 0 Å². The highest BCUT2D eigenvalue weighted by atomic mass is 79.9. The van der Waals surface area contributed by atoms with Crippen LogP contribution in [-0.2, 0) is 0 Å². The van der Waals surface area contributed by atoms with Crippen molar-refractivity contribution in [2.24, 2.45) is 0 Å². The number of nitrogens with zero attached hydrogens (tertiary/aromatic N) is 1. The smallest absolute Gasteiger partial charge is 0.154 e. The number of pyridine rings is 1. The molecule has 0 radical (unpaired) electrons. The fourth-order valence-electron chi connectivity index (χ4n) is 1.26. The van der Waals surface area contributed by atoms with E-state index in [1.807, 2.05) is 24.3 Å². The van der Waals surface area contributed by atoms with E-state index in [1.54, 1.807) is 0 Å². The summed E-state index contributed by atoms with van der Waals surface area (Å²) in [6.07, 6.45) is 0.700. The van der Waals surface area contributed by atoms with Gasteiger partial charge in [0.15, 0.2) is 6.29 Å². The third-order valence-corrected chi connectivity index (χ3v) is 3.08. The van der Waals surface area contributed by atoms with Gasteiger partial charge in [-0.05, 0) is 22.0 Å². The fraction of sp³-hybridized carbons (Fsp3) is 0. The van der Waals surface area contributed by atoms with Gasteiger partial charge < -0.3 is 0 Å². The van der Waals surface area contributed by atoms with Crippen molar-refractivity contribution in [1.29, 1.82) is 0 Å². The molecule has 0 saturated carbocycles. The van der Waals surface area contributed by atoms with E-state index in [4.69, 9.17) is 11.6 Å². The number of carbonyl (C=O) groups excluding carboxylic acids is 1. The second-order valence-electron chi connectivity index (χ2n) is 2.77. The summed E-state index contributed by atoms with van der Waals surface area (Å²) in [5.74, 6) is 0. The zero-order valence-corrected chi connectivity index (χ0v) is 9.34. The number of rotatable bonds is 1. The Morgan fingerprint density at radius 3 is 2.79 bits per heavy atom. The van der Waals surface area contributed by atoms with Gasteiger partial charge in [-0.3, -0.25) is 4.79 Å². The van der Waals surface area contributed by atoms with Crippen LogP contribution in [0.2, 0.25) is 5.15 Å². The molecule has 0 N–H and O–H groups in total. The predicted molar refractivity (Wildman–Crippen MR) is 59.8 cm³/mol. The van der Waals surface area contributed by atoms with Crippen LogP contribution in [0, 0.1) is 0 Å². The lowest BCUT2D eigenvalue weighted by molar-refractivity contribution is 0.112. The summed E-state index contributed by atoms with van der Waals surface area (Å²) in [4.78, 5) is 14.8. The zero-order valence-electron chi connectivity index (χ0n) is 7.00. The number of fused-ring (bicyclic) bond motifs is 1. The van der Waals surface area contributed by atoms with Crippen molar-refractivity contribution in [2.75, 3.05) is 0 Å². The van der Waals surface area contributed by atoms with Gasteiger partial charge in [-0.1, -0.05) is 29.8 Å². The van der Waals surface area contributed by atoms with Crippen molar-refractivity contribution in [3.63, 3.8) is 0 Å². The molecule has 2 aromatic rings. The number of hydrogen-bond acceptors (Lipinski definition) is 2. The fourth-order valence-corrected chi connectivity index (χ4v) is 2.22. The van der Waals surface area contributed by atoms with Crippen LogP contribution in [-0.4, -0.2) is 11.3 Å². The van der Waals surface area contributed by atoms with E-state index in [1.165, 1.54) is 0 Å². The number of hydrogen-bond donors (Lipinski definition) is 0. The van der Waals surface area contributed by atoms with Gasteiger partial charge in [0.25, 0.3) is 0 Å². The maximum absolute atomic E-state index is 10.7. The summed E-state index contributed by atoms with van der Waals surface area (Å²) in [5, 5.41) is 1.12. The molecule has 0 aliphatic carbocycles. The number of carbonyl (C=O) groups is 1. The van der Waals surface area contributed by atoms with Crippen LogP contribution >= 0.6 is 27.5 Å². The summed E-state index contributed by atoms with van der Waals surface area (Å²) >= 11 is 9.17. The highest BCUT2D eigenvalue weighted by Crippen LogP contribution is 2.29. The first-order valence-electron chi connectivity index (χ1n) is 3.93. The largest absolute Gasteiger partial charge is 0.298 e. The summed E-state index contributed by atoms with van der Waals surface area (Å²) in [6.45, 7) is 0. The Balaban J connectivity index is 2.92. The summed E-state index contributed by atoms with van der Waals surface area (Å²) in [5.41, 5.74) is 1.17. The lowest BCUT2D eigenvalue weighted by atomic mass is 10.2. The number of para-hydroxylation sites is 1. The number of halogens is 2. The molecular formula is C10H5BrClNO. The van der Waals surface area contributed by atoms with Gasteiger partial charge in [0, 0.05) is 9.86 Å². The van der Waals surface area contributed by atoms with Gasteiger partial charge in [-0.2, -0.15) is 0 Å². The van der Waals surface area contributed by atoms with Crippen molar-refractivity contribution in [2.45, 2.75) is 0 Å². The third kappa shape index (κ3) is 1.42. The van der Waals surface area contributed by atoms with Gasteiger partial charge in [0.05, 0.1) is 11.1 Å². The first-order chi connectivity index (χ1) is 6.74. The molecule has 0 spiro atoms. The maximum Gasteiger partial charge on any atom is 0.154 e. The van der Waals surface area contributed by atoms with Crippen molar-refractivity contribution in [1.82, 2.24) is 4.98 Å². The third-order valence-electron chi connectivity index (χ3n) is 1.94. The quantitative estimate of drug-likeness (QED) is 0.587. The van der Waals surface area contributed by atoms with E-state index in [0.29, 0.717) is 16.3 Å². The normalized spacial score (nSPS) is 10.4. The van der Waals surface area contributed by atoms with E-state index in [9.17, 15) is 4.79 Å². The molecular weight excluding hydrogens is 265 g/mol. The molecule has 0 saturated heterocycles. The molecule has 0 unspecified atom stereocenters. The number of aromatic nitrogens is 1. The Hall–Kier alpha value is -0.930. The Labute approximate surface area is 94.0 Å². The van der Waals surface area contributed by atoms with Crippen molar-refractivity contribution >= 4 is 44.7 Å². The second kappa shape index (κ2) is 3.67. The molecule has 70 valence electrons. The van der Waals surface area contributed by atoms with Crippen molar-refractivity contribution in [3.05, 3.63) is 39.5 Å². The number of benzene rings is 1. The molecule has 4 heteroatoms. The average molecular weight is 271 g/mol. The van der Waals surface area contributed by atoms with E-state index < -0.39 is 0 Å². The molecule has 0 aliphatic heterocycles. The Bertz CT molecular complexity index is 513. The molecule has 0 bridgehead atoms. The Kier molecular flexibility index (Phi) is 2.52. The molecule has 2 nitrogen and oxygen atoms in total. The molecule has 0 fully saturated rings. The topological polar surface area (TPSA) is 30.0 Å². The van der Waals surface area contributed by atoms with Crippen molar-refractivity contribution in [3.8, 4) is 0 Å². The van der Waals surface area contributed by atoms with E-state index in [0.717, 1.165) is 10.9 Å². The van der Waals surface area contributed by atoms with Crippen LogP contribution in [0.15, 0.2) is 28.7 Å². The predicted octanol–water partition coefficient (Wildman–Crippen LogP) is 3.46. The molecule has 0 aliphatic rings. The van der Waals surface area contributed by atoms with Crippen LogP contribution in [0.1, 0.15) is 10.4 Å². The molecule has 1 heterocycles. The lowest BCUT2D eigenvalue weighted by Crippen LogP contribution is -1.90. The molecule has 0 amide bonds. The van der Waals surface area contributed by atoms with Crippen LogP contribution in [0.25, 0.3) is 10.9 Å². The summed E-state index contributed by atoms with van der Waals surface area (Å²) in [6, 6.07) is 7.49.